The number of nitro benzene ring substituents is 1. The maximum absolute atomic E-state index is 11.8. The normalized spacial score (nSPS) is 10.2. The zero-order chi connectivity index (χ0) is 20.0. The summed E-state index contributed by atoms with van der Waals surface area (Å²) < 4.78 is 10.3. The van der Waals surface area contributed by atoms with Crippen LogP contribution in [0.25, 0.3) is 0 Å². The molecule has 0 heterocycles. The van der Waals surface area contributed by atoms with Gasteiger partial charge in [-0.15, -0.1) is 0 Å². The lowest BCUT2D eigenvalue weighted by Gasteiger charge is -2.11. The fourth-order valence-electron chi connectivity index (χ4n) is 2.25. The van der Waals surface area contributed by atoms with Crippen molar-refractivity contribution < 1.29 is 24.0 Å². The number of carbonyl (C=O) groups is 2. The molecule has 0 saturated heterocycles. The van der Waals surface area contributed by atoms with Crippen LogP contribution in [0.15, 0.2) is 36.4 Å². The first-order valence-corrected chi connectivity index (χ1v) is 8.24. The van der Waals surface area contributed by atoms with Crippen LogP contribution in [0, 0.1) is 24.0 Å². The number of carbonyl (C=O) groups excluding carboxylic acids is 2. The van der Waals surface area contributed by atoms with Crippen LogP contribution >= 0.6 is 11.6 Å². The van der Waals surface area contributed by atoms with Gasteiger partial charge in [-0.2, -0.15) is 0 Å². The molecule has 0 fully saturated rings. The smallest absolute Gasteiger partial charge is 0.344 e. The summed E-state index contributed by atoms with van der Waals surface area (Å²) in [6.07, 6.45) is 0. The minimum absolute atomic E-state index is 0.00207. The third kappa shape index (κ3) is 5.68. The van der Waals surface area contributed by atoms with Gasteiger partial charge in [-0.1, -0.05) is 29.8 Å². The Morgan fingerprint density at radius 1 is 1.15 bits per heavy atom. The molecule has 2 rings (SSSR count). The number of amides is 1. The molecule has 2 aromatic rings. The number of non-ortho nitro benzene ring substituents is 1. The molecule has 0 aliphatic rings. The quantitative estimate of drug-likeness (QED) is 0.439. The molecular weight excluding hydrogens is 376 g/mol. The van der Waals surface area contributed by atoms with Crippen molar-refractivity contribution in [3.05, 3.63) is 62.7 Å². The first-order valence-electron chi connectivity index (χ1n) is 7.86. The highest BCUT2D eigenvalue weighted by atomic mass is 35.5. The van der Waals surface area contributed by atoms with Crippen LogP contribution in [0.4, 0.5) is 11.4 Å². The third-order valence-electron chi connectivity index (χ3n) is 3.54. The summed E-state index contributed by atoms with van der Waals surface area (Å²) in [5, 5.41) is 13.1. The van der Waals surface area contributed by atoms with Crippen LogP contribution in [0.3, 0.4) is 0 Å². The molecule has 9 heteroatoms. The zero-order valence-corrected chi connectivity index (χ0v) is 15.4. The van der Waals surface area contributed by atoms with Crippen molar-refractivity contribution in [3.63, 3.8) is 0 Å². The van der Waals surface area contributed by atoms with Crippen molar-refractivity contribution in [2.45, 2.75) is 13.8 Å². The van der Waals surface area contributed by atoms with E-state index in [4.69, 9.17) is 21.1 Å². The van der Waals surface area contributed by atoms with Gasteiger partial charge in [-0.3, -0.25) is 14.9 Å². The summed E-state index contributed by atoms with van der Waals surface area (Å²) >= 11 is 5.88. The average molecular weight is 393 g/mol. The lowest BCUT2D eigenvalue weighted by molar-refractivity contribution is -0.384. The Morgan fingerprint density at radius 3 is 2.41 bits per heavy atom. The summed E-state index contributed by atoms with van der Waals surface area (Å²) in [4.78, 5) is 33.7. The number of rotatable bonds is 7. The van der Waals surface area contributed by atoms with E-state index >= 15 is 0 Å². The molecule has 1 N–H and O–H groups in total. The van der Waals surface area contributed by atoms with Gasteiger partial charge in [0, 0.05) is 12.1 Å². The lowest BCUT2D eigenvalue weighted by atomic mass is 10.1. The Hall–Kier alpha value is -3.13. The molecule has 142 valence electrons. The number of halogens is 1. The van der Waals surface area contributed by atoms with Gasteiger partial charge in [-0.25, -0.2) is 4.79 Å². The number of hydrogen-bond donors (Lipinski definition) is 1. The highest BCUT2D eigenvalue weighted by Crippen LogP contribution is 2.26. The van der Waals surface area contributed by atoms with Crippen LogP contribution in [-0.2, 0) is 14.3 Å². The number of aryl methyl sites for hydroxylation is 2. The van der Waals surface area contributed by atoms with Gasteiger partial charge in [0.05, 0.1) is 15.6 Å². The van der Waals surface area contributed by atoms with Gasteiger partial charge in [0.2, 0.25) is 0 Å². The Morgan fingerprint density at radius 2 is 1.81 bits per heavy atom. The summed E-state index contributed by atoms with van der Waals surface area (Å²) in [5.41, 5.74) is 1.74. The van der Waals surface area contributed by atoms with Crippen LogP contribution in [0.5, 0.6) is 5.75 Å². The fourth-order valence-corrected chi connectivity index (χ4v) is 2.47. The number of ether oxygens (including phenoxy) is 2. The topological polar surface area (TPSA) is 108 Å². The third-order valence-corrected chi connectivity index (χ3v) is 3.86. The van der Waals surface area contributed by atoms with Gasteiger partial charge in [0.25, 0.3) is 11.6 Å². The molecular formula is C18H17ClN2O6. The maximum Gasteiger partial charge on any atom is 0.344 e. The van der Waals surface area contributed by atoms with E-state index < -0.39 is 23.4 Å². The number of hydrogen-bond acceptors (Lipinski definition) is 6. The average Bonchev–Trinajstić information content (AvgIpc) is 2.61. The second kappa shape index (κ2) is 9.00. The summed E-state index contributed by atoms with van der Waals surface area (Å²) in [6.45, 7) is 2.84. The van der Waals surface area contributed by atoms with Gasteiger partial charge in [0.1, 0.15) is 5.75 Å². The molecule has 0 saturated carbocycles. The SMILES string of the molecule is Cc1cccc(C)c1OCC(=O)OCC(=O)Nc1ccc([N+](=O)[O-])cc1Cl. The van der Waals surface area contributed by atoms with E-state index in [0.717, 1.165) is 17.2 Å². The van der Waals surface area contributed by atoms with Crippen molar-refractivity contribution in [2.24, 2.45) is 0 Å². The van der Waals surface area contributed by atoms with Gasteiger partial charge < -0.3 is 14.8 Å². The zero-order valence-electron chi connectivity index (χ0n) is 14.7. The highest BCUT2D eigenvalue weighted by Gasteiger charge is 2.14. The van der Waals surface area contributed by atoms with Crippen molar-refractivity contribution in [1.29, 1.82) is 0 Å². The molecule has 0 aliphatic carbocycles. The Labute approximate surface area is 160 Å². The van der Waals surface area contributed by atoms with Gasteiger partial charge in [-0.05, 0) is 31.0 Å². The van der Waals surface area contributed by atoms with Crippen LogP contribution in [0.1, 0.15) is 11.1 Å². The van der Waals surface area contributed by atoms with E-state index in [2.05, 4.69) is 5.32 Å². The number of nitrogens with one attached hydrogen (secondary N) is 1. The lowest BCUT2D eigenvalue weighted by Crippen LogP contribution is -2.24. The molecule has 0 aliphatic heterocycles. The molecule has 0 atom stereocenters. The van der Waals surface area contributed by atoms with E-state index in [1.165, 1.54) is 12.1 Å². The number of benzene rings is 2. The van der Waals surface area contributed by atoms with Crippen molar-refractivity contribution in [1.82, 2.24) is 0 Å². The molecule has 0 spiro atoms. The monoisotopic (exact) mass is 392 g/mol. The molecule has 0 aromatic heterocycles. The number of para-hydroxylation sites is 1. The fraction of sp³-hybridized carbons (Fsp3) is 0.222. The van der Waals surface area contributed by atoms with E-state index in [-0.39, 0.29) is 23.0 Å². The van der Waals surface area contributed by atoms with Crippen LogP contribution in [0.2, 0.25) is 5.02 Å². The molecule has 2 aromatic carbocycles. The van der Waals surface area contributed by atoms with Crippen molar-refractivity contribution >= 4 is 34.9 Å². The van der Waals surface area contributed by atoms with Crippen LogP contribution < -0.4 is 10.1 Å². The largest absolute Gasteiger partial charge is 0.481 e. The standard InChI is InChI=1S/C18H17ClN2O6/c1-11-4-3-5-12(2)18(11)27-10-17(23)26-9-16(22)20-15-7-6-13(21(24)25)8-14(15)19/h3-8H,9-10H2,1-2H3,(H,20,22). The molecule has 27 heavy (non-hydrogen) atoms. The van der Waals surface area contributed by atoms with Crippen molar-refractivity contribution in [2.75, 3.05) is 18.5 Å². The predicted octanol–water partition coefficient (Wildman–Crippen LogP) is 3.43. The first kappa shape index (κ1) is 20.2. The van der Waals surface area contributed by atoms with E-state index in [1.807, 2.05) is 32.0 Å². The minimum atomic E-state index is -0.706. The number of nitro groups is 1. The summed E-state index contributed by atoms with van der Waals surface area (Å²) in [7, 11) is 0. The number of esters is 1. The summed E-state index contributed by atoms with van der Waals surface area (Å²) in [5.74, 6) is -0.745. The summed E-state index contributed by atoms with van der Waals surface area (Å²) in [6, 6.07) is 9.20. The maximum atomic E-state index is 11.8. The Balaban J connectivity index is 1.83. The molecule has 0 bridgehead atoms. The first-order chi connectivity index (χ1) is 12.8. The predicted molar refractivity (Wildman–Crippen MR) is 99.1 cm³/mol. The highest BCUT2D eigenvalue weighted by molar-refractivity contribution is 6.34. The molecule has 0 unspecified atom stereocenters. The second-order valence-electron chi connectivity index (χ2n) is 5.64. The minimum Gasteiger partial charge on any atom is -0.481 e. The second-order valence-corrected chi connectivity index (χ2v) is 6.05. The van der Waals surface area contributed by atoms with E-state index in [1.54, 1.807) is 0 Å². The van der Waals surface area contributed by atoms with E-state index in [9.17, 15) is 19.7 Å². The molecule has 8 nitrogen and oxygen atoms in total. The van der Waals surface area contributed by atoms with Crippen molar-refractivity contribution in [3.8, 4) is 5.75 Å². The van der Waals surface area contributed by atoms with Crippen LogP contribution in [-0.4, -0.2) is 30.0 Å². The Bertz CT molecular complexity index is 864. The van der Waals surface area contributed by atoms with E-state index in [0.29, 0.717) is 5.75 Å². The molecule has 1 amide bonds. The Kier molecular flexibility index (Phi) is 6.73. The molecule has 0 radical (unpaired) electrons. The van der Waals surface area contributed by atoms with Gasteiger partial charge in [0.15, 0.2) is 13.2 Å². The van der Waals surface area contributed by atoms with Gasteiger partial charge >= 0.3 is 5.97 Å². The number of nitrogens with zero attached hydrogens (tertiary/aromatic N) is 1. The number of anilines is 1.